The predicted molar refractivity (Wildman–Crippen MR) is 66.4 cm³/mol. The minimum absolute atomic E-state index is 0.161. The van der Waals surface area contributed by atoms with Crippen molar-refractivity contribution in [1.82, 2.24) is 10.2 Å². The van der Waals surface area contributed by atoms with Crippen molar-refractivity contribution in [3.8, 4) is 0 Å². The summed E-state index contributed by atoms with van der Waals surface area (Å²) in [5.41, 5.74) is 1.19. The molecule has 1 atom stereocenters. The molecule has 17 heavy (non-hydrogen) atoms. The number of benzene rings is 1. The second kappa shape index (κ2) is 7.35. The average Bonchev–Trinajstić information content (AvgIpc) is 2.30. The van der Waals surface area contributed by atoms with Gasteiger partial charge < -0.3 is 10.2 Å². The van der Waals surface area contributed by atoms with E-state index in [1.807, 2.05) is 37.4 Å². The highest BCUT2D eigenvalue weighted by Gasteiger charge is 2.12. The highest BCUT2D eigenvalue weighted by molar-refractivity contribution is 5.18. The third-order valence-electron chi connectivity index (χ3n) is 2.80. The maximum atomic E-state index is 12.2. The van der Waals surface area contributed by atoms with Gasteiger partial charge in [0.25, 0.3) is 6.43 Å². The van der Waals surface area contributed by atoms with Crippen LogP contribution in [0, 0.1) is 0 Å². The number of rotatable bonds is 7. The van der Waals surface area contributed by atoms with Gasteiger partial charge in [0.2, 0.25) is 0 Å². The summed E-state index contributed by atoms with van der Waals surface area (Å²) in [7, 11) is 3.62. The Morgan fingerprint density at radius 3 is 2.41 bits per heavy atom. The Bertz CT molecular complexity index is 304. The first kappa shape index (κ1) is 14.1. The van der Waals surface area contributed by atoms with Gasteiger partial charge in [-0.3, -0.25) is 0 Å². The first-order valence-corrected chi connectivity index (χ1v) is 5.82. The largest absolute Gasteiger partial charge is 0.313 e. The molecule has 2 nitrogen and oxygen atoms in total. The fourth-order valence-electron chi connectivity index (χ4n) is 1.84. The predicted octanol–water partition coefficient (Wildman–Crippen LogP) is 2.53. The summed E-state index contributed by atoms with van der Waals surface area (Å²) in [5, 5.41) is 3.21. The van der Waals surface area contributed by atoms with Crippen molar-refractivity contribution in [2.75, 3.05) is 27.2 Å². The molecule has 0 aliphatic carbocycles. The summed E-state index contributed by atoms with van der Waals surface area (Å²) in [4.78, 5) is 1.66. The summed E-state index contributed by atoms with van der Waals surface area (Å²) >= 11 is 0. The summed E-state index contributed by atoms with van der Waals surface area (Å²) in [6, 6.07) is 10.3. The molecular weight excluding hydrogens is 222 g/mol. The van der Waals surface area contributed by atoms with E-state index in [0.717, 1.165) is 6.42 Å². The third kappa shape index (κ3) is 5.24. The maximum absolute atomic E-state index is 12.2. The molecule has 0 heterocycles. The highest BCUT2D eigenvalue weighted by Crippen LogP contribution is 2.16. The Morgan fingerprint density at radius 2 is 1.88 bits per heavy atom. The Morgan fingerprint density at radius 1 is 1.24 bits per heavy atom. The van der Waals surface area contributed by atoms with Crippen LogP contribution in [-0.4, -0.2) is 38.5 Å². The molecular formula is C13H20F2N2. The van der Waals surface area contributed by atoms with Gasteiger partial charge >= 0.3 is 0 Å². The van der Waals surface area contributed by atoms with Gasteiger partial charge in [-0.2, -0.15) is 0 Å². The summed E-state index contributed by atoms with van der Waals surface area (Å²) < 4.78 is 24.3. The zero-order valence-electron chi connectivity index (χ0n) is 10.4. The Kier molecular flexibility index (Phi) is 6.08. The van der Waals surface area contributed by atoms with Crippen LogP contribution in [-0.2, 0) is 0 Å². The fourth-order valence-corrected chi connectivity index (χ4v) is 1.84. The number of hydrogen-bond acceptors (Lipinski definition) is 2. The summed E-state index contributed by atoms with van der Waals surface area (Å²) in [6.07, 6.45) is -1.44. The van der Waals surface area contributed by atoms with Gasteiger partial charge in [-0.1, -0.05) is 30.3 Å². The van der Waals surface area contributed by atoms with E-state index in [1.165, 1.54) is 5.56 Å². The van der Waals surface area contributed by atoms with E-state index in [4.69, 9.17) is 0 Å². The lowest BCUT2D eigenvalue weighted by molar-refractivity contribution is 0.0986. The van der Waals surface area contributed by atoms with Gasteiger partial charge in [0.1, 0.15) is 0 Å². The number of nitrogens with one attached hydrogen (secondary N) is 1. The van der Waals surface area contributed by atoms with Crippen molar-refractivity contribution < 1.29 is 8.78 Å². The molecule has 0 saturated heterocycles. The van der Waals surface area contributed by atoms with Crippen molar-refractivity contribution in [2.45, 2.75) is 18.9 Å². The molecule has 0 bridgehead atoms. The van der Waals surface area contributed by atoms with Crippen LogP contribution >= 0.6 is 0 Å². The van der Waals surface area contributed by atoms with Crippen LogP contribution in [0.2, 0.25) is 0 Å². The highest BCUT2D eigenvalue weighted by atomic mass is 19.3. The van der Waals surface area contributed by atoms with Crippen molar-refractivity contribution in [3.05, 3.63) is 35.9 Å². The minimum atomic E-state index is -2.26. The first-order valence-electron chi connectivity index (χ1n) is 5.82. The molecule has 4 heteroatoms. The van der Waals surface area contributed by atoms with E-state index in [-0.39, 0.29) is 12.6 Å². The summed E-state index contributed by atoms with van der Waals surface area (Å²) in [6.45, 7) is 0.496. The van der Waals surface area contributed by atoms with Gasteiger partial charge in [0.05, 0.1) is 6.54 Å². The standard InChI is InChI=1S/C13H20F2N2/c1-16-12(11-6-4-3-5-7-11)8-9-17(2)10-13(14)15/h3-7,12-13,16H,8-10H2,1-2H3. The second-order valence-corrected chi connectivity index (χ2v) is 4.19. The monoisotopic (exact) mass is 242 g/mol. The molecule has 1 unspecified atom stereocenters. The van der Waals surface area contributed by atoms with E-state index in [2.05, 4.69) is 5.32 Å². The zero-order valence-corrected chi connectivity index (χ0v) is 10.4. The molecule has 0 radical (unpaired) electrons. The second-order valence-electron chi connectivity index (χ2n) is 4.19. The number of nitrogens with zero attached hydrogens (tertiary/aromatic N) is 1. The van der Waals surface area contributed by atoms with E-state index in [0.29, 0.717) is 6.54 Å². The van der Waals surface area contributed by atoms with Crippen molar-refractivity contribution in [1.29, 1.82) is 0 Å². The number of hydrogen-bond donors (Lipinski definition) is 1. The smallest absolute Gasteiger partial charge is 0.251 e. The Labute approximate surface area is 102 Å². The number of halogens is 2. The zero-order chi connectivity index (χ0) is 12.7. The van der Waals surface area contributed by atoms with Gasteiger partial charge in [0, 0.05) is 6.04 Å². The molecule has 1 aromatic rings. The molecule has 0 fully saturated rings. The van der Waals surface area contributed by atoms with Crippen molar-refractivity contribution in [2.24, 2.45) is 0 Å². The lowest BCUT2D eigenvalue weighted by Crippen LogP contribution is -2.29. The van der Waals surface area contributed by atoms with E-state index in [9.17, 15) is 8.78 Å². The topological polar surface area (TPSA) is 15.3 Å². The van der Waals surface area contributed by atoms with Gasteiger partial charge in [-0.25, -0.2) is 8.78 Å². The molecule has 1 N–H and O–H groups in total. The maximum Gasteiger partial charge on any atom is 0.251 e. The minimum Gasteiger partial charge on any atom is -0.313 e. The lowest BCUT2D eigenvalue weighted by Gasteiger charge is -2.21. The first-order chi connectivity index (χ1) is 8.13. The van der Waals surface area contributed by atoms with Gasteiger partial charge in [-0.15, -0.1) is 0 Å². The third-order valence-corrected chi connectivity index (χ3v) is 2.80. The molecule has 1 aromatic carbocycles. The molecule has 0 amide bonds. The lowest BCUT2D eigenvalue weighted by atomic mass is 10.0. The van der Waals surface area contributed by atoms with E-state index < -0.39 is 6.43 Å². The van der Waals surface area contributed by atoms with Crippen LogP contribution in [0.4, 0.5) is 8.78 Å². The SMILES string of the molecule is CNC(CCN(C)CC(F)F)c1ccccc1. The molecule has 0 saturated carbocycles. The van der Waals surface area contributed by atoms with Crippen LogP contribution in [0.25, 0.3) is 0 Å². The normalized spacial score (nSPS) is 13.3. The van der Waals surface area contributed by atoms with Gasteiger partial charge in [-0.05, 0) is 32.6 Å². The molecule has 0 aliphatic rings. The quantitative estimate of drug-likeness (QED) is 0.790. The van der Waals surface area contributed by atoms with Crippen LogP contribution in [0.15, 0.2) is 30.3 Å². The molecule has 0 aliphatic heterocycles. The van der Waals surface area contributed by atoms with Crippen molar-refractivity contribution >= 4 is 0 Å². The van der Waals surface area contributed by atoms with E-state index in [1.54, 1.807) is 11.9 Å². The molecule has 96 valence electrons. The van der Waals surface area contributed by atoms with Gasteiger partial charge in [0.15, 0.2) is 0 Å². The average molecular weight is 242 g/mol. The Balaban J connectivity index is 2.43. The number of alkyl halides is 2. The summed E-state index contributed by atoms with van der Waals surface area (Å²) in [5.74, 6) is 0. The van der Waals surface area contributed by atoms with Crippen LogP contribution in [0.3, 0.4) is 0 Å². The van der Waals surface area contributed by atoms with Crippen LogP contribution in [0.5, 0.6) is 0 Å². The fraction of sp³-hybridized carbons (Fsp3) is 0.538. The molecule has 0 aromatic heterocycles. The van der Waals surface area contributed by atoms with Crippen LogP contribution < -0.4 is 5.32 Å². The van der Waals surface area contributed by atoms with E-state index >= 15 is 0 Å². The molecule has 1 rings (SSSR count). The molecule has 0 spiro atoms. The Hall–Kier alpha value is -1.00. The van der Waals surface area contributed by atoms with Crippen molar-refractivity contribution in [3.63, 3.8) is 0 Å². The van der Waals surface area contributed by atoms with Crippen LogP contribution in [0.1, 0.15) is 18.0 Å².